The molecule has 1 aromatic heterocycles. The van der Waals surface area contributed by atoms with Crippen molar-refractivity contribution in [2.24, 2.45) is 10.2 Å². The highest BCUT2D eigenvalue weighted by atomic mass is 32.1. The summed E-state index contributed by atoms with van der Waals surface area (Å²) >= 11 is 9.44. The number of benzene rings is 2. The van der Waals surface area contributed by atoms with Crippen LogP contribution in [0, 0.1) is 0 Å². The Hall–Kier alpha value is -2.71. The van der Waals surface area contributed by atoms with Crippen LogP contribution in [0.25, 0.3) is 11.3 Å². The summed E-state index contributed by atoms with van der Waals surface area (Å²) in [7, 11) is 1.62. The zero-order valence-corrected chi connectivity index (χ0v) is 16.6. The Morgan fingerprint density at radius 2 is 1.81 bits per heavy atom. The van der Waals surface area contributed by atoms with Crippen molar-refractivity contribution in [2.45, 2.75) is 6.92 Å². The van der Waals surface area contributed by atoms with Crippen molar-refractivity contribution in [3.63, 3.8) is 0 Å². The smallest absolute Gasteiger partial charge is 0.247 e. The fourth-order valence-electron chi connectivity index (χ4n) is 2.43. The van der Waals surface area contributed by atoms with Crippen LogP contribution < -0.4 is 9.47 Å². The number of rotatable bonds is 6. The number of thiocarbonyl (C=S) groups is 1. The Morgan fingerprint density at radius 3 is 2.41 bits per heavy atom. The second kappa shape index (κ2) is 8.79. The summed E-state index contributed by atoms with van der Waals surface area (Å²) in [5.41, 5.74) is 2.67. The van der Waals surface area contributed by atoms with Gasteiger partial charge in [0.25, 0.3) is 0 Å². The van der Waals surface area contributed by atoms with Gasteiger partial charge in [-0.3, -0.25) is 0 Å². The lowest BCUT2D eigenvalue weighted by Gasteiger charge is -2.05. The number of methoxy groups -OCH3 is 1. The van der Waals surface area contributed by atoms with Gasteiger partial charge in [0.05, 0.1) is 19.4 Å². The lowest BCUT2D eigenvalue weighted by atomic mass is 10.1. The van der Waals surface area contributed by atoms with Gasteiger partial charge in [-0.05, 0) is 31.2 Å². The summed E-state index contributed by atoms with van der Waals surface area (Å²) in [6.45, 7) is 2.31. The topological polar surface area (TPSA) is 61.0 Å². The second-order valence-corrected chi connectivity index (χ2v) is 6.51. The Morgan fingerprint density at radius 1 is 1.11 bits per heavy atom. The van der Waals surface area contributed by atoms with Crippen molar-refractivity contribution in [3.05, 3.63) is 54.6 Å². The molecule has 0 unspecified atom stereocenters. The Balaban J connectivity index is 2.09. The van der Waals surface area contributed by atoms with Crippen LogP contribution in [0.4, 0.5) is 11.4 Å². The van der Waals surface area contributed by atoms with E-state index in [1.807, 2.05) is 61.5 Å². The molecule has 1 heterocycles. The molecule has 0 spiro atoms. The summed E-state index contributed by atoms with van der Waals surface area (Å²) in [4.78, 5) is 0. The third-order valence-corrected chi connectivity index (χ3v) is 4.03. The predicted octanol–water partition coefficient (Wildman–Crippen LogP) is 5.44. The Labute approximate surface area is 168 Å². The Kier molecular flexibility index (Phi) is 6.20. The first kappa shape index (κ1) is 19.1. The van der Waals surface area contributed by atoms with Gasteiger partial charge in [-0.25, -0.2) is 0 Å². The van der Waals surface area contributed by atoms with Crippen molar-refractivity contribution in [3.8, 4) is 22.9 Å². The summed E-state index contributed by atoms with van der Waals surface area (Å²) < 4.78 is 12.6. The number of nitrogens with zero attached hydrogens (tertiary/aromatic N) is 4. The van der Waals surface area contributed by atoms with Crippen molar-refractivity contribution in [1.29, 1.82) is 0 Å². The average molecular weight is 399 g/mol. The molecule has 0 saturated carbocycles. The van der Waals surface area contributed by atoms with Crippen LogP contribution in [0.5, 0.6) is 11.6 Å². The third-order valence-electron chi connectivity index (χ3n) is 3.67. The van der Waals surface area contributed by atoms with Gasteiger partial charge in [0.15, 0.2) is 10.0 Å². The fourth-order valence-corrected chi connectivity index (χ4v) is 2.69. The molecule has 3 aromatic rings. The van der Waals surface area contributed by atoms with Crippen molar-refractivity contribution >= 4 is 40.5 Å². The second-order valence-electron chi connectivity index (χ2n) is 5.39. The molecule has 6 nitrogen and oxygen atoms in total. The van der Waals surface area contributed by atoms with E-state index in [9.17, 15) is 0 Å². The maximum Gasteiger partial charge on any atom is 0.247 e. The molecule has 0 amide bonds. The van der Waals surface area contributed by atoms with E-state index in [1.165, 1.54) is 4.68 Å². The first-order valence-electron chi connectivity index (χ1n) is 8.24. The number of hydrogen-bond donors (Lipinski definition) is 1. The predicted molar refractivity (Wildman–Crippen MR) is 113 cm³/mol. The first-order valence-corrected chi connectivity index (χ1v) is 9.10. The minimum atomic E-state index is 0.265. The molecule has 0 aliphatic rings. The molecular weight excluding hydrogens is 380 g/mol. The van der Waals surface area contributed by atoms with Gasteiger partial charge in [0.1, 0.15) is 11.4 Å². The van der Waals surface area contributed by atoms with Gasteiger partial charge in [-0.1, -0.05) is 42.5 Å². The molecule has 0 aliphatic heterocycles. The molecular formula is C19H18N4O2S2. The largest absolute Gasteiger partial charge is 0.497 e. The van der Waals surface area contributed by atoms with E-state index in [0.29, 0.717) is 29.6 Å². The van der Waals surface area contributed by atoms with E-state index in [-0.39, 0.29) is 4.32 Å². The van der Waals surface area contributed by atoms with E-state index in [0.717, 1.165) is 11.3 Å². The normalized spacial score (nSPS) is 10.9. The number of thiol groups is 1. The lowest BCUT2D eigenvalue weighted by Crippen LogP contribution is -2.07. The molecule has 0 radical (unpaired) electrons. The van der Waals surface area contributed by atoms with Crippen LogP contribution in [-0.2, 0) is 0 Å². The molecule has 0 fully saturated rings. The highest BCUT2D eigenvalue weighted by Crippen LogP contribution is 2.39. The maximum absolute atomic E-state index is 5.75. The highest BCUT2D eigenvalue weighted by molar-refractivity contribution is 8.11. The highest BCUT2D eigenvalue weighted by Gasteiger charge is 2.22. The molecule has 138 valence electrons. The van der Waals surface area contributed by atoms with Crippen LogP contribution in [-0.4, -0.2) is 27.8 Å². The molecule has 0 N–H and O–H groups in total. The molecule has 8 heteroatoms. The summed E-state index contributed by atoms with van der Waals surface area (Å²) in [6.07, 6.45) is 0. The SMILES string of the molecule is CCOc1c(N=Nc2ccc(OC)cc2)c(-c2ccccc2)nn1C(=S)S. The standard InChI is InChI=1S/C19H18N4O2S2/c1-3-25-18-17(21-20-14-9-11-15(24-2)12-10-14)16(22-23(18)19(26)27)13-7-5-4-6-8-13/h4-12H,3H2,1-2H3,(H,26,27). The fraction of sp³-hybridized carbons (Fsp3) is 0.158. The quantitative estimate of drug-likeness (QED) is 0.341. The molecule has 0 aliphatic carbocycles. The summed E-state index contributed by atoms with van der Waals surface area (Å²) in [5.74, 6) is 1.16. The number of azo groups is 1. The van der Waals surface area contributed by atoms with Crippen molar-refractivity contribution < 1.29 is 9.47 Å². The van der Waals surface area contributed by atoms with Crippen molar-refractivity contribution in [1.82, 2.24) is 9.78 Å². The third kappa shape index (κ3) is 4.35. The van der Waals surface area contributed by atoms with Crippen LogP contribution in [0.3, 0.4) is 0 Å². The van der Waals surface area contributed by atoms with E-state index in [2.05, 4.69) is 28.0 Å². The van der Waals surface area contributed by atoms with Gasteiger partial charge >= 0.3 is 0 Å². The molecule has 3 rings (SSSR count). The lowest BCUT2D eigenvalue weighted by molar-refractivity contribution is 0.321. The van der Waals surface area contributed by atoms with Gasteiger partial charge in [0, 0.05) is 5.56 Å². The van der Waals surface area contributed by atoms with Crippen LogP contribution in [0.2, 0.25) is 0 Å². The van der Waals surface area contributed by atoms with E-state index in [4.69, 9.17) is 21.7 Å². The van der Waals surface area contributed by atoms with Gasteiger partial charge in [0.2, 0.25) is 5.88 Å². The van der Waals surface area contributed by atoms with Crippen LogP contribution >= 0.6 is 24.8 Å². The number of aromatic nitrogens is 2. The van der Waals surface area contributed by atoms with E-state index < -0.39 is 0 Å². The zero-order chi connectivity index (χ0) is 19.2. The summed E-state index contributed by atoms with van der Waals surface area (Å²) in [5, 5.41) is 13.3. The monoisotopic (exact) mass is 398 g/mol. The molecule has 0 bridgehead atoms. The zero-order valence-electron chi connectivity index (χ0n) is 14.9. The average Bonchev–Trinajstić information content (AvgIpc) is 3.06. The van der Waals surface area contributed by atoms with E-state index in [1.54, 1.807) is 7.11 Å². The van der Waals surface area contributed by atoms with Gasteiger partial charge in [-0.2, -0.15) is 14.9 Å². The first-order chi connectivity index (χ1) is 13.1. The molecule has 0 saturated heterocycles. The molecule has 0 atom stereocenters. The summed E-state index contributed by atoms with van der Waals surface area (Å²) in [6, 6.07) is 17.0. The number of ether oxygens (including phenoxy) is 2. The van der Waals surface area contributed by atoms with E-state index >= 15 is 0 Å². The van der Waals surface area contributed by atoms with Crippen LogP contribution in [0.1, 0.15) is 6.92 Å². The molecule has 27 heavy (non-hydrogen) atoms. The van der Waals surface area contributed by atoms with Gasteiger partial charge in [-0.15, -0.1) is 17.7 Å². The van der Waals surface area contributed by atoms with Crippen LogP contribution in [0.15, 0.2) is 64.8 Å². The maximum atomic E-state index is 5.75. The minimum Gasteiger partial charge on any atom is -0.497 e. The Bertz CT molecular complexity index is 954. The molecule has 2 aromatic carbocycles. The minimum absolute atomic E-state index is 0.265. The van der Waals surface area contributed by atoms with Crippen molar-refractivity contribution in [2.75, 3.05) is 13.7 Å². The van der Waals surface area contributed by atoms with Gasteiger partial charge < -0.3 is 9.47 Å². The number of hydrogen-bond acceptors (Lipinski definition) is 6.